The van der Waals surface area contributed by atoms with Gasteiger partial charge in [-0.05, 0) is 60.6 Å². The Hall–Kier alpha value is -4.03. The van der Waals surface area contributed by atoms with Crippen LogP contribution in [-0.4, -0.2) is 32.7 Å². The summed E-state index contributed by atoms with van der Waals surface area (Å²) < 4.78 is 34.3. The summed E-state index contributed by atoms with van der Waals surface area (Å²) in [4.78, 5) is 16.8. The second kappa shape index (κ2) is 11.5. The van der Waals surface area contributed by atoms with Gasteiger partial charge in [-0.2, -0.15) is 0 Å². The van der Waals surface area contributed by atoms with Gasteiger partial charge in [0.1, 0.15) is 11.9 Å². The molecule has 0 bridgehead atoms. The maximum absolute atomic E-state index is 13.5. The number of methoxy groups -OCH3 is 1. The average molecular weight is 583 g/mol. The Kier molecular flexibility index (Phi) is 8.36. The van der Waals surface area contributed by atoms with E-state index in [-0.39, 0.29) is 16.9 Å². The lowest BCUT2D eigenvalue weighted by Crippen LogP contribution is -2.43. The smallest absolute Gasteiger partial charge is 0.255 e. The number of amides is 1. The van der Waals surface area contributed by atoms with Gasteiger partial charge in [0.05, 0.1) is 37.0 Å². The molecule has 3 aromatic rings. The molecule has 2 heterocycles. The third-order valence-electron chi connectivity index (χ3n) is 7.06. The zero-order chi connectivity index (χ0) is 30.1. The molecule has 1 aliphatic rings. The number of hydrogen-bond donors (Lipinski definition) is 5. The van der Waals surface area contributed by atoms with Crippen molar-refractivity contribution in [3.8, 4) is 5.75 Å². The number of nitrogens with one attached hydrogen (secondary N) is 3. The van der Waals surface area contributed by atoms with Gasteiger partial charge in [0.2, 0.25) is 10.0 Å². The van der Waals surface area contributed by atoms with Crippen molar-refractivity contribution in [2.45, 2.75) is 58.9 Å². The average Bonchev–Trinajstić information content (AvgIpc) is 3.31. The lowest BCUT2D eigenvalue weighted by Gasteiger charge is -2.24. The molecule has 12 heteroatoms. The highest BCUT2D eigenvalue weighted by molar-refractivity contribution is 7.92. The molecule has 0 fully saturated rings. The minimum absolute atomic E-state index is 0.201. The van der Waals surface area contributed by atoms with E-state index in [0.29, 0.717) is 22.6 Å². The van der Waals surface area contributed by atoms with Crippen LogP contribution >= 0.6 is 0 Å². The summed E-state index contributed by atoms with van der Waals surface area (Å²) in [6, 6.07) is 8.68. The van der Waals surface area contributed by atoms with Crippen molar-refractivity contribution in [2.24, 2.45) is 11.6 Å². The maximum Gasteiger partial charge on any atom is 0.255 e. The van der Waals surface area contributed by atoms with E-state index in [4.69, 9.17) is 16.3 Å². The topological polar surface area (TPSA) is 159 Å². The van der Waals surface area contributed by atoms with Crippen molar-refractivity contribution >= 4 is 38.7 Å². The summed E-state index contributed by atoms with van der Waals surface area (Å²) in [6.45, 7) is 8.77. The Morgan fingerprint density at radius 2 is 1.88 bits per heavy atom. The van der Waals surface area contributed by atoms with Crippen LogP contribution in [0.5, 0.6) is 5.75 Å². The van der Waals surface area contributed by atoms with E-state index in [1.807, 2.05) is 33.9 Å². The molecule has 2 aromatic carbocycles. The molecule has 41 heavy (non-hydrogen) atoms. The van der Waals surface area contributed by atoms with Crippen molar-refractivity contribution in [1.29, 1.82) is 0 Å². The zero-order valence-corrected chi connectivity index (χ0v) is 25.3. The van der Waals surface area contributed by atoms with E-state index in [1.54, 1.807) is 36.5 Å². The highest BCUT2D eigenvalue weighted by atomic mass is 32.2. The number of hydrogen-bond acceptors (Lipinski definition) is 7. The number of imidazole rings is 1. The first-order valence-corrected chi connectivity index (χ1v) is 15.3. The van der Waals surface area contributed by atoms with Gasteiger partial charge in [-0.25, -0.2) is 23.8 Å². The fourth-order valence-electron chi connectivity index (χ4n) is 4.88. The molecule has 1 amide bonds. The number of nitrogens with zero attached hydrogens (tertiary/aromatic N) is 2. The van der Waals surface area contributed by atoms with E-state index in [1.165, 1.54) is 12.1 Å². The number of nitrogens with two attached hydrogens (primary N) is 2. The number of aromatic amines is 1. The summed E-state index contributed by atoms with van der Waals surface area (Å²) in [5, 5.41) is 4.31. The van der Waals surface area contributed by atoms with Crippen LogP contribution in [0.4, 0.5) is 17.1 Å². The first kappa shape index (κ1) is 29.9. The van der Waals surface area contributed by atoms with Crippen LogP contribution in [0.1, 0.15) is 66.6 Å². The Morgan fingerprint density at radius 1 is 1.17 bits per heavy atom. The largest absolute Gasteiger partial charge is 0.492 e. The first-order chi connectivity index (χ1) is 19.2. The van der Waals surface area contributed by atoms with Gasteiger partial charge >= 0.3 is 0 Å². The van der Waals surface area contributed by atoms with Gasteiger partial charge in [-0.1, -0.05) is 26.8 Å². The second-order valence-corrected chi connectivity index (χ2v) is 13.2. The van der Waals surface area contributed by atoms with E-state index >= 15 is 0 Å². The van der Waals surface area contributed by atoms with Crippen LogP contribution in [0.3, 0.4) is 0 Å². The summed E-state index contributed by atoms with van der Waals surface area (Å²) >= 11 is 0. The van der Waals surface area contributed by atoms with Crippen LogP contribution in [0.15, 0.2) is 42.7 Å². The molecule has 220 valence electrons. The molecule has 1 aliphatic heterocycles. The molecule has 0 aliphatic carbocycles. The highest BCUT2D eigenvalue weighted by Gasteiger charge is 2.24. The van der Waals surface area contributed by atoms with Crippen molar-refractivity contribution in [2.75, 3.05) is 28.4 Å². The molecule has 0 radical (unpaired) electrons. The van der Waals surface area contributed by atoms with Crippen LogP contribution in [0.25, 0.3) is 5.70 Å². The van der Waals surface area contributed by atoms with Gasteiger partial charge in [-0.3, -0.25) is 14.5 Å². The normalized spacial score (nSPS) is 13.9. The second-order valence-electron chi connectivity index (χ2n) is 11.4. The fraction of sp³-hybridized carbons (Fsp3) is 0.379. The number of sulfonamides is 1. The quantitative estimate of drug-likeness (QED) is 0.154. The monoisotopic (exact) mass is 582 g/mol. The molecule has 0 saturated heterocycles. The number of benzene rings is 2. The van der Waals surface area contributed by atoms with E-state index < -0.39 is 15.9 Å². The summed E-state index contributed by atoms with van der Waals surface area (Å²) in [6.07, 6.45) is 7.81. The number of hydrazine groups is 1. The number of aromatic nitrogens is 2. The number of aryl methyl sites for hydroxylation is 2. The molecule has 11 nitrogen and oxygen atoms in total. The predicted octanol–water partition coefficient (Wildman–Crippen LogP) is 3.51. The Labute approximate surface area is 241 Å². The van der Waals surface area contributed by atoms with Gasteiger partial charge in [-0.15, -0.1) is 0 Å². The lowest BCUT2D eigenvalue weighted by molar-refractivity contribution is -0.710. The van der Waals surface area contributed by atoms with Crippen LogP contribution < -0.4 is 35.9 Å². The SMILES string of the molecule is COc1c(NC(=O)c2ccc(C)c(N(N)/C=C(\N)c3c[nH]c4[n+]3CCCC4)c2)cc(C(C)(C)C)cc1NS(C)(=O)=O. The fourth-order valence-corrected chi connectivity index (χ4v) is 5.43. The molecular weight excluding hydrogens is 542 g/mol. The number of rotatable bonds is 8. The number of anilines is 3. The van der Waals surface area contributed by atoms with Gasteiger partial charge < -0.3 is 15.8 Å². The summed E-state index contributed by atoms with van der Waals surface area (Å²) in [7, 11) is -2.18. The van der Waals surface area contributed by atoms with E-state index in [9.17, 15) is 13.2 Å². The molecule has 0 unspecified atom stereocenters. The molecular formula is C29H40N7O4S+. The van der Waals surface area contributed by atoms with Crippen molar-refractivity contribution in [3.05, 3.63) is 70.9 Å². The summed E-state index contributed by atoms with van der Waals surface area (Å²) in [5.41, 5.74) is 10.7. The number of carbonyl (C=O) groups excluding carboxylic acids is 1. The minimum atomic E-state index is -3.60. The van der Waals surface area contributed by atoms with Crippen LogP contribution in [0.2, 0.25) is 0 Å². The third-order valence-corrected chi connectivity index (χ3v) is 7.65. The lowest BCUT2D eigenvalue weighted by atomic mass is 9.86. The first-order valence-electron chi connectivity index (χ1n) is 13.4. The molecule has 0 spiro atoms. The zero-order valence-electron chi connectivity index (χ0n) is 24.5. The highest BCUT2D eigenvalue weighted by Crippen LogP contribution is 2.39. The summed E-state index contributed by atoms with van der Waals surface area (Å²) in [5.74, 6) is 7.36. The Morgan fingerprint density at radius 3 is 2.54 bits per heavy atom. The Bertz CT molecular complexity index is 1600. The molecule has 4 rings (SSSR count). The minimum Gasteiger partial charge on any atom is -0.492 e. The van der Waals surface area contributed by atoms with Crippen LogP contribution in [0, 0.1) is 6.92 Å². The number of fused-ring (bicyclic) bond motifs is 1. The predicted molar refractivity (Wildman–Crippen MR) is 162 cm³/mol. The molecule has 0 saturated carbocycles. The van der Waals surface area contributed by atoms with Gasteiger partial charge in [0.25, 0.3) is 11.7 Å². The standard InChI is InChI=1S/C29H39N7O4S/c1-18-10-11-19(13-24(18)36(31)17-21(30)25-16-32-26-9-7-8-12-35(25)26)28(37)33-22-14-20(29(2,3)4)15-23(27(22)40-5)34-41(6,38)39/h10-11,13-17,34H,7-9,12,30-31H2,1-6H3,(H,33,37)/p+1/b21-17-. The van der Waals surface area contributed by atoms with Crippen molar-refractivity contribution in [1.82, 2.24) is 4.98 Å². The van der Waals surface area contributed by atoms with Crippen molar-refractivity contribution < 1.29 is 22.5 Å². The van der Waals surface area contributed by atoms with Crippen molar-refractivity contribution in [3.63, 3.8) is 0 Å². The van der Waals surface area contributed by atoms with Crippen LogP contribution in [-0.2, 0) is 28.4 Å². The van der Waals surface area contributed by atoms with E-state index in [0.717, 1.165) is 54.7 Å². The molecule has 0 atom stereocenters. The molecule has 7 N–H and O–H groups in total. The Balaban J connectivity index is 1.65. The number of carbonyl (C=O) groups is 1. The molecule has 1 aromatic heterocycles. The number of ether oxygens (including phenoxy) is 1. The maximum atomic E-state index is 13.5. The number of H-pyrrole nitrogens is 1. The van der Waals surface area contributed by atoms with Gasteiger partial charge in [0, 0.05) is 18.2 Å². The van der Waals surface area contributed by atoms with Gasteiger partial charge in [0.15, 0.2) is 11.4 Å². The third kappa shape index (κ3) is 6.83. The van der Waals surface area contributed by atoms with E-state index in [2.05, 4.69) is 19.6 Å².